The molecule has 2 aromatic rings. The molecule has 1 unspecified atom stereocenters. The average Bonchev–Trinajstić information content (AvgIpc) is 3.60. The zero-order chi connectivity index (χ0) is 22.5. The number of aromatic nitrogens is 1. The molecule has 1 saturated carbocycles. The summed E-state index contributed by atoms with van der Waals surface area (Å²) in [7, 11) is -0.320. The first-order valence-corrected chi connectivity index (χ1v) is 11.8. The van der Waals surface area contributed by atoms with E-state index in [4.69, 9.17) is 9.31 Å². The highest BCUT2D eigenvalue weighted by Gasteiger charge is 2.51. The summed E-state index contributed by atoms with van der Waals surface area (Å²) >= 11 is 0. The molecule has 5 rings (SSSR count). The molecule has 1 aromatic carbocycles. The van der Waals surface area contributed by atoms with Crippen molar-refractivity contribution >= 4 is 24.0 Å². The van der Waals surface area contributed by atoms with Crippen LogP contribution in [0.25, 0.3) is 0 Å². The van der Waals surface area contributed by atoms with Crippen molar-refractivity contribution in [1.29, 1.82) is 0 Å². The van der Waals surface area contributed by atoms with E-state index in [0.29, 0.717) is 5.92 Å². The van der Waals surface area contributed by atoms with E-state index >= 15 is 0 Å². The van der Waals surface area contributed by atoms with Crippen LogP contribution in [-0.4, -0.2) is 54.6 Å². The number of pyridine rings is 1. The van der Waals surface area contributed by atoms with Crippen LogP contribution in [0.4, 0.5) is 11.4 Å². The van der Waals surface area contributed by atoms with E-state index in [1.165, 1.54) is 5.69 Å². The molecule has 1 atom stereocenters. The summed E-state index contributed by atoms with van der Waals surface area (Å²) in [5.41, 5.74) is 3.58. The molecule has 2 aliphatic heterocycles. The third-order valence-corrected chi connectivity index (χ3v) is 7.57. The van der Waals surface area contributed by atoms with Crippen molar-refractivity contribution in [2.45, 2.75) is 57.8 Å². The van der Waals surface area contributed by atoms with Crippen molar-refractivity contribution in [3.63, 3.8) is 0 Å². The van der Waals surface area contributed by atoms with Crippen LogP contribution in [0.2, 0.25) is 0 Å². The Morgan fingerprint density at radius 1 is 0.875 bits per heavy atom. The Kier molecular flexibility index (Phi) is 5.47. The second-order valence-corrected chi connectivity index (χ2v) is 10.4. The van der Waals surface area contributed by atoms with Gasteiger partial charge in [0.1, 0.15) is 0 Å². The summed E-state index contributed by atoms with van der Waals surface area (Å²) in [6.07, 6.45) is 3.74. The predicted octanol–water partition coefficient (Wildman–Crippen LogP) is 3.15. The minimum absolute atomic E-state index is 0.320. The summed E-state index contributed by atoms with van der Waals surface area (Å²) in [4.78, 5) is 9.32. The number of hydrogen-bond donors (Lipinski definition) is 1. The second kappa shape index (κ2) is 8.05. The highest BCUT2D eigenvalue weighted by molar-refractivity contribution is 6.62. The van der Waals surface area contributed by atoms with Crippen LogP contribution < -0.4 is 15.3 Å². The molecule has 0 radical (unpaired) electrons. The Morgan fingerprint density at radius 2 is 1.41 bits per heavy atom. The Bertz CT molecular complexity index is 920. The van der Waals surface area contributed by atoms with Gasteiger partial charge < -0.3 is 24.2 Å². The smallest absolute Gasteiger partial charge is 0.399 e. The molecule has 6 nitrogen and oxygen atoms in total. The quantitative estimate of drug-likeness (QED) is 0.729. The van der Waals surface area contributed by atoms with Crippen molar-refractivity contribution in [3.05, 3.63) is 48.3 Å². The second-order valence-electron chi connectivity index (χ2n) is 10.4. The van der Waals surface area contributed by atoms with Crippen LogP contribution in [0, 0.1) is 5.92 Å². The molecule has 7 heteroatoms. The van der Waals surface area contributed by atoms with Gasteiger partial charge in [-0.1, -0.05) is 12.1 Å². The zero-order valence-electron chi connectivity index (χ0n) is 19.6. The molecular formula is C25H34BN3O3. The Balaban J connectivity index is 1.18. The average molecular weight is 435 g/mol. The highest BCUT2D eigenvalue weighted by Crippen LogP contribution is 2.40. The van der Waals surface area contributed by atoms with Crippen LogP contribution >= 0.6 is 0 Å². The molecule has 170 valence electrons. The fraction of sp³-hybridized carbons (Fsp3) is 0.560. The molecule has 3 fully saturated rings. The molecule has 0 spiro atoms. The van der Waals surface area contributed by atoms with Gasteiger partial charge in [-0.15, -0.1) is 0 Å². The lowest BCUT2D eigenvalue weighted by Gasteiger charge is -2.37. The van der Waals surface area contributed by atoms with E-state index in [1.807, 2.05) is 12.3 Å². The molecule has 1 N–H and O–H groups in total. The minimum Gasteiger partial charge on any atom is -0.399 e. The van der Waals surface area contributed by atoms with Crippen LogP contribution in [0.3, 0.4) is 0 Å². The lowest BCUT2D eigenvalue weighted by Crippen LogP contribution is -2.46. The van der Waals surface area contributed by atoms with Crippen molar-refractivity contribution in [2.24, 2.45) is 5.92 Å². The number of rotatable bonds is 5. The van der Waals surface area contributed by atoms with Gasteiger partial charge in [0.05, 0.1) is 34.9 Å². The maximum absolute atomic E-state index is 10.3. The minimum atomic E-state index is -0.402. The van der Waals surface area contributed by atoms with Gasteiger partial charge in [-0.05, 0) is 76.2 Å². The third-order valence-electron chi connectivity index (χ3n) is 7.57. The van der Waals surface area contributed by atoms with Gasteiger partial charge >= 0.3 is 7.12 Å². The predicted molar refractivity (Wildman–Crippen MR) is 129 cm³/mol. The molecule has 1 aliphatic carbocycles. The van der Waals surface area contributed by atoms with Gasteiger partial charge in [-0.3, -0.25) is 4.98 Å². The van der Waals surface area contributed by atoms with E-state index in [9.17, 15) is 5.11 Å². The van der Waals surface area contributed by atoms with Gasteiger partial charge in [0.2, 0.25) is 0 Å². The number of benzene rings is 1. The molecule has 3 heterocycles. The Labute approximate surface area is 191 Å². The monoisotopic (exact) mass is 435 g/mol. The number of aliphatic hydroxyl groups excluding tert-OH is 1. The molecule has 2 saturated heterocycles. The highest BCUT2D eigenvalue weighted by atomic mass is 16.7. The summed E-state index contributed by atoms with van der Waals surface area (Å²) in [6.45, 7) is 12.2. The first-order valence-electron chi connectivity index (χ1n) is 11.8. The summed E-state index contributed by atoms with van der Waals surface area (Å²) < 4.78 is 12.3. The lowest BCUT2D eigenvalue weighted by atomic mass is 9.79. The number of aliphatic hydroxyl groups is 1. The molecule has 3 aliphatic rings. The third kappa shape index (κ3) is 4.14. The van der Waals surface area contributed by atoms with Crippen molar-refractivity contribution in [3.8, 4) is 0 Å². The van der Waals surface area contributed by atoms with Gasteiger partial charge in [0.15, 0.2) is 0 Å². The Hall–Kier alpha value is -2.09. The van der Waals surface area contributed by atoms with Gasteiger partial charge in [0, 0.05) is 31.9 Å². The maximum Gasteiger partial charge on any atom is 0.494 e. The number of hydrogen-bond acceptors (Lipinski definition) is 6. The Morgan fingerprint density at radius 3 is 1.91 bits per heavy atom. The lowest BCUT2D eigenvalue weighted by molar-refractivity contribution is 0.00578. The SMILES string of the molecule is CC1(C)OB(c2ccc(N3CCN(c4ccc(C(O)C5CC5)nc4)CC3)cc2)OC1(C)C. The molecule has 32 heavy (non-hydrogen) atoms. The summed E-state index contributed by atoms with van der Waals surface area (Å²) in [6, 6.07) is 12.7. The van der Waals surface area contributed by atoms with E-state index in [2.05, 4.69) is 72.8 Å². The van der Waals surface area contributed by atoms with Crippen LogP contribution in [0.15, 0.2) is 42.6 Å². The van der Waals surface area contributed by atoms with Crippen molar-refractivity contribution in [2.75, 3.05) is 36.0 Å². The standard InChI is InChI=1S/C25H34BN3O3/c1-24(2)25(3,4)32-26(31-24)19-7-9-20(10-8-19)28-13-15-29(16-14-28)21-11-12-22(27-17-21)23(30)18-5-6-18/h7-12,17-18,23,30H,5-6,13-16H2,1-4H3. The first kappa shape index (κ1) is 21.7. The van der Waals surface area contributed by atoms with Crippen molar-refractivity contribution in [1.82, 2.24) is 4.98 Å². The largest absolute Gasteiger partial charge is 0.494 e. The van der Waals surface area contributed by atoms with Crippen LogP contribution in [0.1, 0.15) is 52.3 Å². The van der Waals surface area contributed by atoms with E-state index in [0.717, 1.165) is 55.9 Å². The zero-order valence-corrected chi connectivity index (χ0v) is 19.6. The topological polar surface area (TPSA) is 58.1 Å². The fourth-order valence-corrected chi connectivity index (χ4v) is 4.46. The number of anilines is 2. The molecule has 0 bridgehead atoms. The van der Waals surface area contributed by atoms with E-state index < -0.39 is 6.10 Å². The number of piperazine rings is 1. The first-order chi connectivity index (χ1) is 15.2. The van der Waals surface area contributed by atoms with E-state index in [-0.39, 0.29) is 18.3 Å². The maximum atomic E-state index is 10.3. The number of nitrogens with zero attached hydrogens (tertiary/aromatic N) is 3. The molecule has 0 amide bonds. The summed E-state index contributed by atoms with van der Waals surface area (Å²) in [5.74, 6) is 0.410. The fourth-order valence-electron chi connectivity index (χ4n) is 4.46. The van der Waals surface area contributed by atoms with Crippen LogP contribution in [0.5, 0.6) is 0 Å². The summed E-state index contributed by atoms with van der Waals surface area (Å²) in [5, 5.41) is 10.3. The van der Waals surface area contributed by atoms with Crippen molar-refractivity contribution < 1.29 is 14.4 Å². The van der Waals surface area contributed by atoms with Gasteiger partial charge in [-0.25, -0.2) is 0 Å². The van der Waals surface area contributed by atoms with Crippen LogP contribution in [-0.2, 0) is 9.31 Å². The molecule has 1 aromatic heterocycles. The van der Waals surface area contributed by atoms with E-state index in [1.54, 1.807) is 0 Å². The molecular weight excluding hydrogens is 401 g/mol. The van der Waals surface area contributed by atoms with Gasteiger partial charge in [0.25, 0.3) is 0 Å². The van der Waals surface area contributed by atoms with Gasteiger partial charge in [-0.2, -0.15) is 0 Å². The normalized spacial score (nSPS) is 23.5.